The summed E-state index contributed by atoms with van der Waals surface area (Å²) in [5, 5.41) is -0.0118. The molecule has 0 atom stereocenters. The van der Waals surface area contributed by atoms with Gasteiger partial charge < -0.3 is 0 Å². The summed E-state index contributed by atoms with van der Waals surface area (Å²) in [6.07, 6.45) is -6.98. The van der Waals surface area contributed by atoms with Crippen LogP contribution in [-0.4, -0.2) is 29.7 Å². The maximum absolute atomic E-state index is 13.6. The van der Waals surface area contributed by atoms with Gasteiger partial charge in [0.2, 0.25) is 5.78 Å². The third-order valence-electron chi connectivity index (χ3n) is 3.13. The second kappa shape index (κ2) is 5.82. The van der Waals surface area contributed by atoms with E-state index in [0.717, 1.165) is 0 Å². The first-order valence-electron chi connectivity index (χ1n) is 6.00. The molecule has 1 aromatic rings. The van der Waals surface area contributed by atoms with Crippen molar-refractivity contribution in [3.63, 3.8) is 0 Å². The van der Waals surface area contributed by atoms with Crippen molar-refractivity contribution in [2.24, 2.45) is 0 Å². The minimum Gasteiger partial charge on any atom is -0.287 e. The first-order chi connectivity index (χ1) is 10.5. The number of halogens is 10. The predicted octanol–water partition coefficient (Wildman–Crippen LogP) is 5.61. The zero-order chi connectivity index (χ0) is 19.3. The number of ketones is 1. The van der Waals surface area contributed by atoms with Crippen LogP contribution >= 0.6 is 11.6 Å². The fourth-order valence-electron chi connectivity index (χ4n) is 1.78. The molecule has 0 aliphatic heterocycles. The fourth-order valence-corrected chi connectivity index (χ4v) is 1.89. The number of Topliss-reactive ketones (excluding diaryl/α,β-unsaturated/α-hetero) is 1. The SMILES string of the molecule is Cc1cc(C(=O)C(F)(F)C(F)(F)C(F)(F)C(F)(F)F)cc(C)c1Cl. The third-order valence-corrected chi connectivity index (χ3v) is 3.72. The van der Waals surface area contributed by atoms with Gasteiger partial charge in [-0.1, -0.05) is 11.6 Å². The predicted molar refractivity (Wildman–Crippen MR) is 66.2 cm³/mol. The molecule has 0 fully saturated rings. The van der Waals surface area contributed by atoms with Crippen molar-refractivity contribution in [3.8, 4) is 0 Å². The standard InChI is InChI=1S/C13H8ClF9O/c1-5-3-7(4-6(2)8(5)14)9(24)10(15,16)11(17,18)12(19,20)13(21,22)23/h3-4H,1-2H3. The zero-order valence-electron chi connectivity index (χ0n) is 11.8. The van der Waals surface area contributed by atoms with Crippen LogP contribution in [0.25, 0.3) is 0 Å². The molecule has 0 radical (unpaired) electrons. The number of hydrogen-bond donors (Lipinski definition) is 0. The van der Waals surface area contributed by atoms with E-state index in [9.17, 15) is 44.3 Å². The van der Waals surface area contributed by atoms with E-state index in [4.69, 9.17) is 11.6 Å². The van der Waals surface area contributed by atoms with Gasteiger partial charge >= 0.3 is 23.9 Å². The van der Waals surface area contributed by atoms with Gasteiger partial charge in [-0.3, -0.25) is 4.79 Å². The number of alkyl halides is 9. The summed E-state index contributed by atoms with van der Waals surface area (Å²) in [5.74, 6) is -23.3. The summed E-state index contributed by atoms with van der Waals surface area (Å²) < 4.78 is 115. The van der Waals surface area contributed by atoms with Crippen LogP contribution in [0, 0.1) is 13.8 Å². The maximum Gasteiger partial charge on any atom is 0.460 e. The molecule has 24 heavy (non-hydrogen) atoms. The first kappa shape index (κ1) is 20.6. The molecule has 0 aliphatic carbocycles. The van der Waals surface area contributed by atoms with E-state index in [1.807, 2.05) is 0 Å². The van der Waals surface area contributed by atoms with E-state index >= 15 is 0 Å². The van der Waals surface area contributed by atoms with Gasteiger partial charge in [0, 0.05) is 10.6 Å². The van der Waals surface area contributed by atoms with Crippen LogP contribution in [0.3, 0.4) is 0 Å². The van der Waals surface area contributed by atoms with Gasteiger partial charge in [0.05, 0.1) is 0 Å². The second-order valence-electron chi connectivity index (χ2n) is 4.97. The minimum absolute atomic E-state index is 0.0118. The molecule has 0 aromatic heterocycles. The summed E-state index contributed by atoms with van der Waals surface area (Å²) in [6, 6.07) is 1.18. The summed E-state index contributed by atoms with van der Waals surface area (Å²) in [5.41, 5.74) is -1.22. The van der Waals surface area contributed by atoms with Gasteiger partial charge in [0.1, 0.15) is 0 Å². The van der Waals surface area contributed by atoms with Gasteiger partial charge in [0.25, 0.3) is 0 Å². The molecule has 0 unspecified atom stereocenters. The van der Waals surface area contributed by atoms with Crippen LogP contribution in [0.15, 0.2) is 12.1 Å². The first-order valence-corrected chi connectivity index (χ1v) is 6.38. The maximum atomic E-state index is 13.6. The smallest absolute Gasteiger partial charge is 0.287 e. The summed E-state index contributed by atoms with van der Waals surface area (Å²) in [7, 11) is 0. The number of carbonyl (C=O) groups is 1. The normalized spacial score (nSPS) is 14.0. The Kier molecular flexibility index (Phi) is 4.99. The van der Waals surface area contributed by atoms with Crippen molar-refractivity contribution in [2.75, 3.05) is 0 Å². The molecule has 0 aliphatic rings. The van der Waals surface area contributed by atoms with E-state index in [1.54, 1.807) is 0 Å². The molecule has 11 heteroatoms. The Labute approximate surface area is 134 Å². The molecule has 0 spiro atoms. The lowest BCUT2D eigenvalue weighted by atomic mass is 9.94. The number of benzene rings is 1. The van der Waals surface area contributed by atoms with Crippen LogP contribution < -0.4 is 0 Å². The Balaban J connectivity index is 3.45. The highest BCUT2D eigenvalue weighted by Crippen LogP contribution is 2.53. The van der Waals surface area contributed by atoms with Crippen LogP contribution in [0.2, 0.25) is 5.02 Å². The Bertz CT molecular complexity index is 641. The highest BCUT2D eigenvalue weighted by molar-refractivity contribution is 6.32. The molecule has 0 N–H and O–H groups in total. The van der Waals surface area contributed by atoms with E-state index in [-0.39, 0.29) is 16.1 Å². The Morgan fingerprint density at radius 2 is 1.21 bits per heavy atom. The number of carbonyl (C=O) groups excluding carboxylic acids is 1. The van der Waals surface area contributed by atoms with Crippen molar-refractivity contribution >= 4 is 17.4 Å². The Morgan fingerprint density at radius 3 is 1.54 bits per heavy atom. The van der Waals surface area contributed by atoms with Gasteiger partial charge in [-0.25, -0.2) is 0 Å². The van der Waals surface area contributed by atoms with Crippen LogP contribution in [0.1, 0.15) is 21.5 Å². The van der Waals surface area contributed by atoms with Gasteiger partial charge in [-0.05, 0) is 37.1 Å². The highest BCUT2D eigenvalue weighted by Gasteiger charge is 2.83. The molecule has 0 amide bonds. The van der Waals surface area contributed by atoms with Crippen molar-refractivity contribution in [3.05, 3.63) is 33.8 Å². The molecule has 1 aromatic carbocycles. The Morgan fingerprint density at radius 1 is 0.833 bits per heavy atom. The van der Waals surface area contributed by atoms with Crippen molar-refractivity contribution in [1.29, 1.82) is 0 Å². The van der Waals surface area contributed by atoms with Crippen LogP contribution in [-0.2, 0) is 0 Å². The topological polar surface area (TPSA) is 17.1 Å². The van der Waals surface area contributed by atoms with Crippen molar-refractivity contribution in [2.45, 2.75) is 37.8 Å². The average Bonchev–Trinajstić information content (AvgIpc) is 2.41. The molecule has 0 saturated carbocycles. The van der Waals surface area contributed by atoms with Gasteiger partial charge in [-0.15, -0.1) is 0 Å². The van der Waals surface area contributed by atoms with E-state index in [1.165, 1.54) is 13.8 Å². The summed E-state index contributed by atoms with van der Waals surface area (Å²) in [6.45, 7) is 2.40. The zero-order valence-corrected chi connectivity index (χ0v) is 12.6. The lowest BCUT2D eigenvalue weighted by molar-refractivity contribution is -0.386. The molecular formula is C13H8ClF9O. The van der Waals surface area contributed by atoms with E-state index in [2.05, 4.69) is 0 Å². The number of aryl methyl sites for hydroxylation is 2. The minimum atomic E-state index is -7.12. The molecule has 0 heterocycles. The summed E-state index contributed by atoms with van der Waals surface area (Å²) in [4.78, 5) is 11.5. The molecule has 1 rings (SSSR count). The van der Waals surface area contributed by atoms with Crippen molar-refractivity contribution < 1.29 is 44.3 Å². The van der Waals surface area contributed by atoms with Crippen molar-refractivity contribution in [1.82, 2.24) is 0 Å². The fraction of sp³-hybridized carbons (Fsp3) is 0.462. The monoisotopic (exact) mass is 386 g/mol. The van der Waals surface area contributed by atoms with Gasteiger partial charge in [0.15, 0.2) is 0 Å². The van der Waals surface area contributed by atoms with Crippen LogP contribution in [0.4, 0.5) is 39.5 Å². The largest absolute Gasteiger partial charge is 0.460 e. The lowest BCUT2D eigenvalue weighted by Gasteiger charge is -2.32. The summed E-state index contributed by atoms with van der Waals surface area (Å²) >= 11 is 5.68. The van der Waals surface area contributed by atoms with Gasteiger partial charge in [-0.2, -0.15) is 39.5 Å². The highest BCUT2D eigenvalue weighted by atomic mass is 35.5. The molecule has 0 bridgehead atoms. The number of rotatable bonds is 4. The quantitative estimate of drug-likeness (QED) is 0.486. The second-order valence-corrected chi connectivity index (χ2v) is 5.35. The van der Waals surface area contributed by atoms with E-state index < -0.39 is 35.3 Å². The van der Waals surface area contributed by atoms with E-state index in [0.29, 0.717) is 12.1 Å². The third kappa shape index (κ3) is 2.96. The number of hydrogen-bond acceptors (Lipinski definition) is 1. The molecule has 1 nitrogen and oxygen atoms in total. The molecule has 0 saturated heterocycles. The molecular weight excluding hydrogens is 379 g/mol. The average molecular weight is 387 g/mol. The Hall–Kier alpha value is -1.45. The lowest BCUT2D eigenvalue weighted by Crippen LogP contribution is -2.63. The van der Waals surface area contributed by atoms with Crippen LogP contribution in [0.5, 0.6) is 0 Å². The molecule has 136 valence electrons.